The summed E-state index contributed by atoms with van der Waals surface area (Å²) in [4.78, 5) is 14.5. The second-order valence-corrected chi connectivity index (χ2v) is 9.48. The van der Waals surface area contributed by atoms with Crippen LogP contribution in [0.3, 0.4) is 0 Å². The second-order valence-electron chi connectivity index (χ2n) is 7.51. The molecule has 30 heavy (non-hydrogen) atoms. The molecule has 1 heterocycles. The van der Waals surface area contributed by atoms with Gasteiger partial charge in [0.1, 0.15) is 5.75 Å². The van der Waals surface area contributed by atoms with Crippen LogP contribution in [0.1, 0.15) is 21.5 Å². The van der Waals surface area contributed by atoms with E-state index in [0.717, 1.165) is 30.8 Å². The third-order valence-corrected chi connectivity index (χ3v) is 7.13. The third kappa shape index (κ3) is 6.04. The Morgan fingerprint density at radius 1 is 0.967 bits per heavy atom. The van der Waals surface area contributed by atoms with Crippen molar-refractivity contribution in [2.24, 2.45) is 0 Å². The molecule has 1 saturated heterocycles. The smallest absolute Gasteiger partial charge is 0.251 e. The minimum absolute atomic E-state index is 0.0456. The lowest BCUT2D eigenvalue weighted by molar-refractivity contribution is 0.0954. The second kappa shape index (κ2) is 10.1. The Hall–Kier alpha value is -2.42. The molecular weight excluding hydrogens is 402 g/mol. The number of nitrogens with one attached hydrogen (secondary N) is 1. The highest BCUT2D eigenvalue weighted by Gasteiger charge is 2.25. The first-order valence-electron chi connectivity index (χ1n) is 10.0. The van der Waals surface area contributed by atoms with Crippen LogP contribution in [0.15, 0.2) is 48.5 Å². The average molecular weight is 432 g/mol. The van der Waals surface area contributed by atoms with E-state index in [9.17, 15) is 13.2 Å². The van der Waals surface area contributed by atoms with Crippen LogP contribution in [0.4, 0.5) is 0 Å². The molecule has 0 saturated carbocycles. The van der Waals surface area contributed by atoms with Gasteiger partial charge >= 0.3 is 0 Å². The molecule has 1 amide bonds. The summed E-state index contributed by atoms with van der Waals surface area (Å²) in [6.45, 7) is 3.05. The number of hydrogen-bond acceptors (Lipinski definition) is 5. The van der Waals surface area contributed by atoms with Gasteiger partial charge in [-0.05, 0) is 48.9 Å². The van der Waals surface area contributed by atoms with Gasteiger partial charge in [-0.1, -0.05) is 24.3 Å². The maximum Gasteiger partial charge on any atom is 0.251 e. The fourth-order valence-electron chi connectivity index (χ4n) is 3.34. The van der Waals surface area contributed by atoms with Crippen LogP contribution in [-0.2, 0) is 22.2 Å². The van der Waals surface area contributed by atoms with Crippen LogP contribution in [0, 0.1) is 0 Å². The van der Waals surface area contributed by atoms with Crippen molar-refractivity contribution in [2.45, 2.75) is 12.2 Å². The van der Waals surface area contributed by atoms with Crippen LogP contribution >= 0.6 is 0 Å². The van der Waals surface area contributed by atoms with E-state index in [2.05, 4.69) is 10.2 Å². The number of likely N-dealkylation sites (N-methyl/N-ethyl adjacent to an activating group) is 1. The molecule has 1 aliphatic rings. The zero-order valence-corrected chi connectivity index (χ0v) is 18.3. The number of amides is 1. The Labute approximate surface area is 178 Å². The summed E-state index contributed by atoms with van der Waals surface area (Å²) in [6.07, 6.45) is 0.719. The zero-order chi connectivity index (χ0) is 21.6. The molecule has 0 unspecified atom stereocenters. The largest absolute Gasteiger partial charge is 0.497 e. The van der Waals surface area contributed by atoms with E-state index in [1.807, 2.05) is 31.3 Å². The van der Waals surface area contributed by atoms with E-state index in [1.165, 1.54) is 0 Å². The predicted molar refractivity (Wildman–Crippen MR) is 117 cm³/mol. The van der Waals surface area contributed by atoms with Crippen LogP contribution in [-0.4, -0.2) is 70.4 Å². The molecule has 0 atom stereocenters. The molecule has 1 N–H and O–H groups in total. The molecule has 162 valence electrons. The van der Waals surface area contributed by atoms with E-state index in [1.54, 1.807) is 35.7 Å². The number of hydrogen-bond donors (Lipinski definition) is 1. The zero-order valence-electron chi connectivity index (χ0n) is 17.5. The standard InChI is InChI=1S/C22H29N3O4S/c1-24-13-15-25(16-14-24)30(27,28)17-19-3-7-20(8-4-19)22(26)23-12-11-18-5-9-21(29-2)10-6-18/h3-10H,11-17H2,1-2H3,(H,23,26). The summed E-state index contributed by atoms with van der Waals surface area (Å²) >= 11 is 0. The van der Waals surface area contributed by atoms with Crippen LogP contribution in [0.5, 0.6) is 5.75 Å². The summed E-state index contributed by atoms with van der Waals surface area (Å²) in [6, 6.07) is 14.5. The van der Waals surface area contributed by atoms with Crippen molar-refractivity contribution in [3.8, 4) is 5.75 Å². The Bertz CT molecular complexity index is 935. The van der Waals surface area contributed by atoms with Gasteiger partial charge in [0.25, 0.3) is 5.91 Å². The summed E-state index contributed by atoms with van der Waals surface area (Å²) in [5, 5.41) is 2.90. The molecule has 1 fully saturated rings. The highest BCUT2D eigenvalue weighted by atomic mass is 32.2. The van der Waals surface area contributed by atoms with Gasteiger partial charge in [-0.2, -0.15) is 4.31 Å². The van der Waals surface area contributed by atoms with Crippen molar-refractivity contribution in [1.82, 2.24) is 14.5 Å². The number of ether oxygens (including phenoxy) is 1. The molecule has 0 aromatic heterocycles. The molecule has 8 heteroatoms. The lowest BCUT2D eigenvalue weighted by Gasteiger charge is -2.31. The first kappa shape index (κ1) is 22.3. The van der Waals surface area contributed by atoms with E-state index in [-0.39, 0.29) is 11.7 Å². The van der Waals surface area contributed by atoms with Crippen molar-refractivity contribution < 1.29 is 17.9 Å². The number of carbonyl (C=O) groups excluding carboxylic acids is 1. The molecule has 0 bridgehead atoms. The van der Waals surface area contributed by atoms with Gasteiger partial charge in [0, 0.05) is 38.3 Å². The molecule has 2 aromatic carbocycles. The molecule has 0 spiro atoms. The number of piperazine rings is 1. The lowest BCUT2D eigenvalue weighted by Crippen LogP contribution is -2.47. The Kier molecular flexibility index (Phi) is 7.47. The molecule has 0 aliphatic carbocycles. The lowest BCUT2D eigenvalue weighted by atomic mass is 10.1. The van der Waals surface area contributed by atoms with Gasteiger partial charge in [0.2, 0.25) is 10.0 Å². The molecule has 2 aromatic rings. The molecular formula is C22H29N3O4S. The van der Waals surface area contributed by atoms with Gasteiger partial charge in [-0.3, -0.25) is 4.79 Å². The van der Waals surface area contributed by atoms with Crippen molar-refractivity contribution in [3.05, 3.63) is 65.2 Å². The average Bonchev–Trinajstić information content (AvgIpc) is 2.74. The molecule has 7 nitrogen and oxygen atoms in total. The monoisotopic (exact) mass is 431 g/mol. The quantitative estimate of drug-likeness (QED) is 0.689. The number of nitrogens with zero attached hydrogens (tertiary/aromatic N) is 2. The van der Waals surface area contributed by atoms with Crippen LogP contribution in [0.25, 0.3) is 0 Å². The topological polar surface area (TPSA) is 78.9 Å². The highest BCUT2D eigenvalue weighted by molar-refractivity contribution is 7.88. The van der Waals surface area contributed by atoms with Gasteiger partial charge in [-0.25, -0.2) is 8.42 Å². The van der Waals surface area contributed by atoms with Gasteiger partial charge in [-0.15, -0.1) is 0 Å². The maximum atomic E-state index is 12.6. The number of rotatable bonds is 8. The van der Waals surface area contributed by atoms with Gasteiger partial charge in [0.05, 0.1) is 12.9 Å². The van der Waals surface area contributed by atoms with E-state index >= 15 is 0 Å². The molecule has 3 rings (SSSR count). The minimum atomic E-state index is -3.35. The Morgan fingerprint density at radius 2 is 1.57 bits per heavy atom. The SMILES string of the molecule is COc1ccc(CCNC(=O)c2ccc(CS(=O)(=O)N3CCN(C)CC3)cc2)cc1. The number of carbonyl (C=O) groups is 1. The number of methoxy groups -OCH3 is 1. The van der Waals surface area contributed by atoms with E-state index < -0.39 is 10.0 Å². The van der Waals surface area contributed by atoms with Crippen LogP contribution in [0.2, 0.25) is 0 Å². The fourth-order valence-corrected chi connectivity index (χ4v) is 4.85. The highest BCUT2D eigenvalue weighted by Crippen LogP contribution is 2.15. The number of sulfonamides is 1. The Balaban J connectivity index is 1.49. The summed E-state index contributed by atoms with van der Waals surface area (Å²) < 4.78 is 31.9. The maximum absolute atomic E-state index is 12.6. The third-order valence-electron chi connectivity index (χ3n) is 5.28. The summed E-state index contributed by atoms with van der Waals surface area (Å²) in [7, 11) is 0.272. The van der Waals surface area contributed by atoms with Crippen molar-refractivity contribution in [2.75, 3.05) is 46.9 Å². The minimum Gasteiger partial charge on any atom is -0.497 e. The fraction of sp³-hybridized carbons (Fsp3) is 0.409. The first-order valence-corrected chi connectivity index (χ1v) is 11.6. The predicted octanol–water partition coefficient (Wildman–Crippen LogP) is 1.74. The normalized spacial score (nSPS) is 15.7. The van der Waals surface area contributed by atoms with Crippen LogP contribution < -0.4 is 10.1 Å². The van der Waals surface area contributed by atoms with E-state index in [0.29, 0.717) is 30.8 Å². The summed E-state index contributed by atoms with van der Waals surface area (Å²) in [5.74, 6) is 0.588. The molecule has 0 radical (unpaired) electrons. The Morgan fingerprint density at radius 3 is 2.17 bits per heavy atom. The van der Waals surface area contributed by atoms with Gasteiger partial charge in [0.15, 0.2) is 0 Å². The van der Waals surface area contributed by atoms with Crippen molar-refractivity contribution in [3.63, 3.8) is 0 Å². The first-order chi connectivity index (χ1) is 14.4. The van der Waals surface area contributed by atoms with Crippen molar-refractivity contribution >= 4 is 15.9 Å². The van der Waals surface area contributed by atoms with E-state index in [4.69, 9.17) is 4.74 Å². The summed E-state index contributed by atoms with van der Waals surface area (Å²) in [5.41, 5.74) is 2.31. The van der Waals surface area contributed by atoms with Gasteiger partial charge < -0.3 is 15.0 Å². The molecule has 1 aliphatic heterocycles. The number of benzene rings is 2. The van der Waals surface area contributed by atoms with Crippen molar-refractivity contribution in [1.29, 1.82) is 0 Å².